The summed E-state index contributed by atoms with van der Waals surface area (Å²) in [7, 11) is -2.84. The zero-order valence-corrected chi connectivity index (χ0v) is 10.6. The molecule has 1 aliphatic heterocycles. The number of aliphatic hydroxyl groups excluding tert-OH is 1. The molecule has 0 amide bonds. The molecule has 0 spiro atoms. The van der Waals surface area contributed by atoms with E-state index in [4.69, 9.17) is 0 Å². The Morgan fingerprint density at radius 2 is 2.29 bits per heavy atom. The number of nitrogens with zero attached hydrogens (tertiary/aromatic N) is 1. The molecule has 0 aromatic heterocycles. The molecule has 2 unspecified atom stereocenters. The number of hydrogen-bond acceptors (Lipinski definition) is 4. The Balaban J connectivity index is 2.50. The first-order valence-electron chi connectivity index (χ1n) is 4.63. The second kappa shape index (κ2) is 4.92. The van der Waals surface area contributed by atoms with Crippen LogP contribution in [-0.4, -0.2) is 60.5 Å². The maximum Gasteiger partial charge on any atom is 0.153 e. The number of alkyl halides is 1. The molecule has 0 saturated carbocycles. The molecule has 1 aliphatic rings. The second-order valence-electron chi connectivity index (χ2n) is 3.77. The van der Waals surface area contributed by atoms with Gasteiger partial charge in [0.05, 0.1) is 17.6 Å². The van der Waals surface area contributed by atoms with Crippen LogP contribution in [0.5, 0.6) is 0 Å². The lowest BCUT2D eigenvalue weighted by atomic mass is 10.2. The Morgan fingerprint density at radius 3 is 2.79 bits per heavy atom. The molecule has 6 heteroatoms. The molecule has 1 heterocycles. The highest BCUT2D eigenvalue weighted by Gasteiger charge is 2.28. The quantitative estimate of drug-likeness (QED) is 0.734. The van der Waals surface area contributed by atoms with Crippen LogP contribution in [0, 0.1) is 0 Å². The van der Waals surface area contributed by atoms with Gasteiger partial charge in [-0.25, -0.2) is 8.42 Å². The molecular formula is C8H16BrNO3S. The van der Waals surface area contributed by atoms with E-state index in [2.05, 4.69) is 15.9 Å². The molecular weight excluding hydrogens is 270 g/mol. The largest absolute Gasteiger partial charge is 0.391 e. The maximum atomic E-state index is 11.3. The molecule has 1 N–H and O–H groups in total. The van der Waals surface area contributed by atoms with Gasteiger partial charge in [-0.3, -0.25) is 4.90 Å². The summed E-state index contributed by atoms with van der Waals surface area (Å²) in [4.78, 5) is 2.02. The average molecular weight is 286 g/mol. The molecule has 0 aromatic carbocycles. The first-order chi connectivity index (χ1) is 6.44. The molecule has 1 fully saturated rings. The fraction of sp³-hybridized carbons (Fsp3) is 1.00. The lowest BCUT2D eigenvalue weighted by Crippen LogP contribution is -2.49. The summed E-state index contributed by atoms with van der Waals surface area (Å²) in [5.74, 6) is 0.425. The van der Waals surface area contributed by atoms with Crippen LogP contribution in [0.2, 0.25) is 0 Å². The molecule has 84 valence electrons. The van der Waals surface area contributed by atoms with Gasteiger partial charge in [-0.05, 0) is 6.92 Å². The van der Waals surface area contributed by atoms with Crippen LogP contribution in [0.25, 0.3) is 0 Å². The Labute approximate surface area is 93.3 Å². The van der Waals surface area contributed by atoms with E-state index in [1.54, 1.807) is 0 Å². The predicted molar refractivity (Wildman–Crippen MR) is 59.5 cm³/mol. The summed E-state index contributed by atoms with van der Waals surface area (Å²) < 4.78 is 22.5. The van der Waals surface area contributed by atoms with Crippen LogP contribution in [0.1, 0.15) is 6.92 Å². The Hall–Kier alpha value is 0.350. The monoisotopic (exact) mass is 285 g/mol. The minimum absolute atomic E-state index is 0.0162. The molecule has 0 bridgehead atoms. The van der Waals surface area contributed by atoms with Gasteiger partial charge in [-0.1, -0.05) is 15.9 Å². The Bertz CT molecular complexity index is 280. The SMILES string of the molecule is CC1CS(=O)(=O)CCN1CC(O)CBr. The van der Waals surface area contributed by atoms with Gasteiger partial charge in [0.25, 0.3) is 0 Å². The number of sulfone groups is 1. The third-order valence-electron chi connectivity index (χ3n) is 2.43. The minimum Gasteiger partial charge on any atom is -0.391 e. The molecule has 2 atom stereocenters. The van der Waals surface area contributed by atoms with Crippen molar-refractivity contribution in [2.24, 2.45) is 0 Å². The van der Waals surface area contributed by atoms with Gasteiger partial charge in [0.15, 0.2) is 9.84 Å². The maximum absolute atomic E-state index is 11.3. The van der Waals surface area contributed by atoms with Crippen LogP contribution in [0.3, 0.4) is 0 Å². The van der Waals surface area contributed by atoms with Crippen LogP contribution in [0.15, 0.2) is 0 Å². The number of aliphatic hydroxyl groups is 1. The molecule has 0 aliphatic carbocycles. The van der Waals surface area contributed by atoms with Gasteiger partial charge < -0.3 is 5.11 Å². The van der Waals surface area contributed by atoms with E-state index in [0.29, 0.717) is 18.4 Å². The molecule has 0 aromatic rings. The normalized spacial score (nSPS) is 30.1. The van der Waals surface area contributed by atoms with E-state index in [0.717, 1.165) is 0 Å². The molecule has 1 rings (SSSR count). The fourth-order valence-corrected chi connectivity index (χ4v) is 3.45. The molecule has 1 saturated heterocycles. The fourth-order valence-electron chi connectivity index (χ4n) is 1.62. The summed E-state index contributed by atoms with van der Waals surface area (Å²) in [5.41, 5.74) is 0. The van der Waals surface area contributed by atoms with Crippen molar-refractivity contribution < 1.29 is 13.5 Å². The van der Waals surface area contributed by atoms with Gasteiger partial charge >= 0.3 is 0 Å². The van der Waals surface area contributed by atoms with E-state index in [1.807, 2.05) is 11.8 Å². The molecule has 14 heavy (non-hydrogen) atoms. The van der Waals surface area contributed by atoms with E-state index in [-0.39, 0.29) is 17.5 Å². The van der Waals surface area contributed by atoms with Crippen LogP contribution < -0.4 is 0 Å². The second-order valence-corrected chi connectivity index (χ2v) is 6.64. The Morgan fingerprint density at radius 1 is 1.64 bits per heavy atom. The van der Waals surface area contributed by atoms with E-state index in [1.165, 1.54) is 0 Å². The van der Waals surface area contributed by atoms with Crippen molar-refractivity contribution in [1.29, 1.82) is 0 Å². The minimum atomic E-state index is -2.84. The van der Waals surface area contributed by atoms with Crippen LogP contribution in [-0.2, 0) is 9.84 Å². The van der Waals surface area contributed by atoms with Crippen LogP contribution in [0.4, 0.5) is 0 Å². The third-order valence-corrected chi connectivity index (χ3v) is 4.97. The van der Waals surface area contributed by atoms with Gasteiger partial charge in [0, 0.05) is 24.5 Å². The highest BCUT2D eigenvalue weighted by atomic mass is 79.9. The number of β-amino-alcohol motifs (C(OH)–C–C–N with tert-alkyl or cyclic N) is 1. The van der Waals surface area contributed by atoms with E-state index >= 15 is 0 Å². The van der Waals surface area contributed by atoms with Crippen molar-refractivity contribution in [3.8, 4) is 0 Å². The van der Waals surface area contributed by atoms with Crippen molar-refractivity contribution in [2.75, 3.05) is 29.9 Å². The van der Waals surface area contributed by atoms with Crippen molar-refractivity contribution in [2.45, 2.75) is 19.1 Å². The number of hydrogen-bond donors (Lipinski definition) is 1. The molecule has 4 nitrogen and oxygen atoms in total. The van der Waals surface area contributed by atoms with Crippen LogP contribution >= 0.6 is 15.9 Å². The summed E-state index contributed by atoms with van der Waals surface area (Å²) in [5, 5.41) is 9.95. The van der Waals surface area contributed by atoms with Gasteiger partial charge in [-0.2, -0.15) is 0 Å². The van der Waals surface area contributed by atoms with Crippen molar-refractivity contribution in [3.63, 3.8) is 0 Å². The van der Waals surface area contributed by atoms with Gasteiger partial charge in [0.2, 0.25) is 0 Å². The summed E-state index contributed by atoms with van der Waals surface area (Å²) in [6.07, 6.45) is -0.418. The van der Waals surface area contributed by atoms with Gasteiger partial charge in [0.1, 0.15) is 0 Å². The lowest BCUT2D eigenvalue weighted by molar-refractivity contribution is 0.113. The van der Waals surface area contributed by atoms with Crippen molar-refractivity contribution >= 4 is 25.8 Å². The smallest absolute Gasteiger partial charge is 0.153 e. The zero-order valence-electron chi connectivity index (χ0n) is 8.19. The zero-order chi connectivity index (χ0) is 10.8. The first-order valence-corrected chi connectivity index (χ1v) is 7.57. The molecule has 0 radical (unpaired) electrons. The topological polar surface area (TPSA) is 57.6 Å². The standard InChI is InChI=1S/C8H16BrNO3S/c1-7-6-14(12,13)3-2-10(7)5-8(11)4-9/h7-8,11H,2-6H2,1H3. The van der Waals surface area contributed by atoms with Crippen molar-refractivity contribution in [1.82, 2.24) is 4.90 Å². The summed E-state index contributed by atoms with van der Waals surface area (Å²) >= 11 is 3.19. The first kappa shape index (κ1) is 12.4. The number of rotatable bonds is 3. The average Bonchev–Trinajstić information content (AvgIpc) is 2.09. The lowest BCUT2D eigenvalue weighted by Gasteiger charge is -2.34. The number of halogens is 1. The third kappa shape index (κ3) is 3.49. The summed E-state index contributed by atoms with van der Waals surface area (Å²) in [6.45, 7) is 2.97. The highest BCUT2D eigenvalue weighted by molar-refractivity contribution is 9.09. The highest BCUT2D eigenvalue weighted by Crippen LogP contribution is 2.12. The summed E-state index contributed by atoms with van der Waals surface area (Å²) in [6, 6.07) is 0.0162. The van der Waals surface area contributed by atoms with E-state index in [9.17, 15) is 13.5 Å². The van der Waals surface area contributed by atoms with Gasteiger partial charge in [-0.15, -0.1) is 0 Å². The predicted octanol–water partition coefficient (Wildman–Crippen LogP) is -0.139. The van der Waals surface area contributed by atoms with E-state index < -0.39 is 15.9 Å². The van der Waals surface area contributed by atoms with Crippen molar-refractivity contribution in [3.05, 3.63) is 0 Å². The Kier molecular flexibility index (Phi) is 4.36.